The van der Waals surface area contributed by atoms with Crippen LogP contribution in [0.1, 0.15) is 35.3 Å². The van der Waals surface area contributed by atoms with Crippen molar-refractivity contribution in [2.75, 3.05) is 5.32 Å². The maximum atomic E-state index is 11.8. The molecule has 1 aromatic heterocycles. The number of carbonyl (C=O) groups is 1. The van der Waals surface area contributed by atoms with Gasteiger partial charge in [0.2, 0.25) is 5.95 Å². The van der Waals surface area contributed by atoms with E-state index in [0.717, 1.165) is 5.69 Å². The lowest BCUT2D eigenvalue weighted by Crippen LogP contribution is -2.30. The maximum Gasteiger partial charge on any atom is 0.254 e. The van der Waals surface area contributed by atoms with Gasteiger partial charge in [0.25, 0.3) is 5.91 Å². The van der Waals surface area contributed by atoms with Gasteiger partial charge in [0.05, 0.1) is 5.56 Å². The van der Waals surface area contributed by atoms with Gasteiger partial charge < -0.3 is 10.6 Å². The third-order valence-electron chi connectivity index (χ3n) is 3.10. The van der Waals surface area contributed by atoms with Gasteiger partial charge in [-0.1, -0.05) is 6.07 Å². The van der Waals surface area contributed by atoms with Crippen molar-refractivity contribution in [3.63, 3.8) is 0 Å². The first-order valence-corrected chi connectivity index (χ1v) is 6.93. The van der Waals surface area contributed by atoms with Gasteiger partial charge in [-0.05, 0) is 51.0 Å². The van der Waals surface area contributed by atoms with E-state index in [1.54, 1.807) is 0 Å². The summed E-state index contributed by atoms with van der Waals surface area (Å²) in [5.41, 5.74) is 3.82. The van der Waals surface area contributed by atoms with E-state index < -0.39 is 0 Å². The molecule has 0 saturated heterocycles. The number of hydrogen-bond acceptors (Lipinski definition) is 4. The maximum absolute atomic E-state index is 11.8. The minimum Gasteiger partial charge on any atom is -0.350 e. The first kappa shape index (κ1) is 15.0. The fraction of sp³-hybridized carbons (Fsp3) is 0.312. The molecule has 0 bridgehead atoms. The molecule has 1 amide bonds. The summed E-state index contributed by atoms with van der Waals surface area (Å²) >= 11 is 0. The molecule has 21 heavy (non-hydrogen) atoms. The molecule has 0 spiro atoms. The predicted molar refractivity (Wildman–Crippen MR) is 83.8 cm³/mol. The van der Waals surface area contributed by atoms with Crippen molar-refractivity contribution < 1.29 is 4.79 Å². The lowest BCUT2D eigenvalue weighted by atomic mass is 10.1. The number of nitrogens with one attached hydrogen (secondary N) is 2. The summed E-state index contributed by atoms with van der Waals surface area (Å²) in [6.07, 6.45) is 3.04. The Morgan fingerprint density at radius 3 is 2.33 bits per heavy atom. The first-order valence-electron chi connectivity index (χ1n) is 6.93. The van der Waals surface area contributed by atoms with E-state index in [9.17, 15) is 4.79 Å². The van der Waals surface area contributed by atoms with E-state index in [-0.39, 0.29) is 11.9 Å². The number of aromatic nitrogens is 2. The van der Waals surface area contributed by atoms with Crippen LogP contribution in [0.25, 0.3) is 0 Å². The Morgan fingerprint density at radius 2 is 1.76 bits per heavy atom. The molecule has 0 fully saturated rings. The van der Waals surface area contributed by atoms with Crippen molar-refractivity contribution in [1.82, 2.24) is 15.3 Å². The highest BCUT2D eigenvalue weighted by atomic mass is 16.1. The number of benzene rings is 1. The molecule has 0 atom stereocenters. The lowest BCUT2D eigenvalue weighted by molar-refractivity contribution is 0.0942. The SMILES string of the molecule is Cc1ccc(Nc2ncc(C(=O)NC(C)C)cn2)cc1C. The average molecular weight is 284 g/mol. The number of anilines is 2. The molecular weight excluding hydrogens is 264 g/mol. The first-order chi connectivity index (χ1) is 9.95. The Bertz CT molecular complexity index is 635. The van der Waals surface area contributed by atoms with Crippen LogP contribution in [0.4, 0.5) is 11.6 Å². The summed E-state index contributed by atoms with van der Waals surface area (Å²) in [4.78, 5) is 20.1. The second kappa shape index (κ2) is 6.35. The summed E-state index contributed by atoms with van der Waals surface area (Å²) in [5.74, 6) is 0.307. The minimum absolute atomic E-state index is 0.0887. The topological polar surface area (TPSA) is 66.9 Å². The van der Waals surface area contributed by atoms with Crippen molar-refractivity contribution >= 4 is 17.5 Å². The third-order valence-corrected chi connectivity index (χ3v) is 3.10. The van der Waals surface area contributed by atoms with Crippen molar-refractivity contribution in [3.05, 3.63) is 47.3 Å². The van der Waals surface area contributed by atoms with Crippen LogP contribution in [-0.2, 0) is 0 Å². The van der Waals surface area contributed by atoms with Crippen LogP contribution >= 0.6 is 0 Å². The van der Waals surface area contributed by atoms with Crippen molar-refractivity contribution in [1.29, 1.82) is 0 Å². The zero-order chi connectivity index (χ0) is 15.4. The van der Waals surface area contributed by atoms with E-state index >= 15 is 0 Å². The van der Waals surface area contributed by atoms with Gasteiger partial charge in [-0.15, -0.1) is 0 Å². The molecule has 0 unspecified atom stereocenters. The van der Waals surface area contributed by atoms with Crippen LogP contribution in [0.2, 0.25) is 0 Å². The average Bonchev–Trinajstić information content (AvgIpc) is 2.43. The van der Waals surface area contributed by atoms with Gasteiger partial charge in [-0.2, -0.15) is 0 Å². The van der Waals surface area contributed by atoms with E-state index in [4.69, 9.17) is 0 Å². The summed E-state index contributed by atoms with van der Waals surface area (Å²) in [7, 11) is 0. The molecule has 0 aliphatic heterocycles. The Hall–Kier alpha value is -2.43. The highest BCUT2D eigenvalue weighted by Gasteiger charge is 2.08. The van der Waals surface area contributed by atoms with Crippen LogP contribution < -0.4 is 10.6 Å². The lowest BCUT2D eigenvalue weighted by Gasteiger charge is -2.09. The normalized spacial score (nSPS) is 10.5. The molecule has 2 N–H and O–H groups in total. The molecule has 0 saturated carbocycles. The molecule has 5 heteroatoms. The van der Waals surface area contributed by atoms with Gasteiger partial charge >= 0.3 is 0 Å². The smallest absolute Gasteiger partial charge is 0.254 e. The second-order valence-electron chi connectivity index (χ2n) is 5.35. The molecule has 0 aliphatic rings. The van der Waals surface area contributed by atoms with Gasteiger partial charge in [-0.3, -0.25) is 4.79 Å². The van der Waals surface area contributed by atoms with Crippen molar-refractivity contribution in [2.24, 2.45) is 0 Å². The second-order valence-corrected chi connectivity index (χ2v) is 5.35. The van der Waals surface area contributed by atoms with Gasteiger partial charge in [0.15, 0.2) is 0 Å². The largest absolute Gasteiger partial charge is 0.350 e. The van der Waals surface area contributed by atoms with Gasteiger partial charge in [-0.25, -0.2) is 9.97 Å². The molecule has 0 radical (unpaired) electrons. The number of nitrogens with zero attached hydrogens (tertiary/aromatic N) is 2. The van der Waals surface area contributed by atoms with E-state index in [2.05, 4.69) is 34.4 Å². The molecule has 1 aromatic carbocycles. The molecular formula is C16H20N4O. The van der Waals surface area contributed by atoms with Crippen molar-refractivity contribution in [2.45, 2.75) is 33.7 Å². The molecule has 1 heterocycles. The molecule has 110 valence electrons. The van der Waals surface area contributed by atoms with Crippen LogP contribution in [0, 0.1) is 13.8 Å². The summed E-state index contributed by atoms with van der Waals surface area (Å²) in [6, 6.07) is 6.15. The Balaban J connectivity index is 2.08. The molecule has 2 rings (SSSR count). The van der Waals surface area contributed by atoms with E-state index in [0.29, 0.717) is 11.5 Å². The summed E-state index contributed by atoms with van der Waals surface area (Å²) in [5, 5.41) is 5.93. The summed E-state index contributed by atoms with van der Waals surface area (Å²) in [6.45, 7) is 7.95. The number of carbonyl (C=O) groups excluding carboxylic acids is 1. The van der Waals surface area contributed by atoms with Crippen LogP contribution in [-0.4, -0.2) is 21.9 Å². The van der Waals surface area contributed by atoms with Gasteiger partial charge in [0, 0.05) is 24.1 Å². The zero-order valence-corrected chi connectivity index (χ0v) is 12.8. The van der Waals surface area contributed by atoms with Crippen LogP contribution in [0.5, 0.6) is 0 Å². The van der Waals surface area contributed by atoms with E-state index in [1.165, 1.54) is 23.5 Å². The fourth-order valence-corrected chi connectivity index (χ4v) is 1.80. The van der Waals surface area contributed by atoms with Crippen LogP contribution in [0.15, 0.2) is 30.6 Å². The monoisotopic (exact) mass is 284 g/mol. The van der Waals surface area contributed by atoms with Crippen molar-refractivity contribution in [3.8, 4) is 0 Å². The van der Waals surface area contributed by atoms with Gasteiger partial charge in [0.1, 0.15) is 0 Å². The quantitative estimate of drug-likeness (QED) is 0.905. The van der Waals surface area contributed by atoms with Crippen LogP contribution in [0.3, 0.4) is 0 Å². The molecule has 2 aromatic rings. The minimum atomic E-state index is -0.164. The fourth-order valence-electron chi connectivity index (χ4n) is 1.80. The summed E-state index contributed by atoms with van der Waals surface area (Å²) < 4.78 is 0. The number of amides is 1. The highest BCUT2D eigenvalue weighted by Crippen LogP contribution is 2.17. The third kappa shape index (κ3) is 4.02. The molecule has 0 aliphatic carbocycles. The number of rotatable bonds is 4. The predicted octanol–water partition coefficient (Wildman–Crippen LogP) is 2.98. The Kier molecular flexibility index (Phi) is 4.52. The number of hydrogen-bond donors (Lipinski definition) is 2. The highest BCUT2D eigenvalue weighted by molar-refractivity contribution is 5.93. The standard InChI is InChI=1S/C16H20N4O/c1-10(2)19-15(21)13-8-17-16(18-9-13)20-14-6-5-11(3)12(4)7-14/h5-10H,1-4H3,(H,19,21)(H,17,18,20). The number of aryl methyl sites for hydroxylation is 2. The Morgan fingerprint density at radius 1 is 1.10 bits per heavy atom. The zero-order valence-electron chi connectivity index (χ0n) is 12.8. The van der Waals surface area contributed by atoms with E-state index in [1.807, 2.05) is 32.0 Å². The Labute approximate surface area is 124 Å². The molecule has 5 nitrogen and oxygen atoms in total.